The number of hydrogen-bond donors (Lipinski definition) is 1. The summed E-state index contributed by atoms with van der Waals surface area (Å²) in [6.07, 6.45) is 5.42. The van der Waals surface area contributed by atoms with E-state index in [0.29, 0.717) is 12.1 Å². The van der Waals surface area contributed by atoms with Crippen molar-refractivity contribution in [1.82, 2.24) is 5.32 Å². The number of amides is 1. The molecule has 0 aromatic heterocycles. The number of hydrogen-bond acceptors (Lipinski definition) is 3. The molecule has 0 aliphatic heterocycles. The molecule has 1 N–H and O–H groups in total. The maximum absolute atomic E-state index is 12.4. The Hall–Kier alpha value is -2.34. The van der Waals surface area contributed by atoms with Crippen LogP contribution in [0, 0.1) is 13.8 Å². The van der Waals surface area contributed by atoms with E-state index in [0.717, 1.165) is 29.5 Å². The van der Waals surface area contributed by atoms with Crippen molar-refractivity contribution in [3.63, 3.8) is 0 Å². The fourth-order valence-corrected chi connectivity index (χ4v) is 4.97. The SMILES string of the molecule is Cc1ccc(N(CCCC(=O)NC(C)c2ccc3c(c2)CCC3)S(C)(=O)=O)cc1C. The minimum Gasteiger partial charge on any atom is -0.350 e. The topological polar surface area (TPSA) is 66.5 Å². The van der Waals surface area contributed by atoms with Gasteiger partial charge >= 0.3 is 0 Å². The Balaban J connectivity index is 1.57. The maximum atomic E-state index is 12.4. The van der Waals surface area contributed by atoms with Crippen LogP contribution in [0.4, 0.5) is 5.69 Å². The molecular weight excluding hydrogens is 396 g/mol. The van der Waals surface area contributed by atoms with Gasteiger partial charge in [-0.3, -0.25) is 9.10 Å². The van der Waals surface area contributed by atoms with Gasteiger partial charge in [-0.2, -0.15) is 0 Å². The lowest BCUT2D eigenvalue weighted by Crippen LogP contribution is -2.32. The van der Waals surface area contributed by atoms with Gasteiger partial charge in [-0.1, -0.05) is 24.3 Å². The molecule has 5 nitrogen and oxygen atoms in total. The van der Waals surface area contributed by atoms with E-state index < -0.39 is 10.0 Å². The second-order valence-corrected chi connectivity index (χ2v) is 10.3. The summed E-state index contributed by atoms with van der Waals surface area (Å²) in [6.45, 7) is 6.23. The van der Waals surface area contributed by atoms with Crippen molar-refractivity contribution in [3.05, 3.63) is 64.2 Å². The molecular formula is C24H32N2O3S. The number of nitrogens with one attached hydrogen (secondary N) is 1. The normalized spacial score (nSPS) is 14.3. The third-order valence-electron chi connectivity index (χ3n) is 5.94. The van der Waals surface area contributed by atoms with Crippen LogP contribution in [0.1, 0.15) is 60.0 Å². The Morgan fingerprint density at radius 3 is 2.50 bits per heavy atom. The Kier molecular flexibility index (Phi) is 6.86. The zero-order chi connectivity index (χ0) is 21.9. The van der Waals surface area contributed by atoms with E-state index in [1.807, 2.05) is 39.0 Å². The molecule has 0 fully saturated rings. The molecule has 0 saturated heterocycles. The quantitative estimate of drug-likeness (QED) is 0.685. The molecule has 1 amide bonds. The highest BCUT2D eigenvalue weighted by Crippen LogP contribution is 2.25. The van der Waals surface area contributed by atoms with Crippen LogP contribution in [0.2, 0.25) is 0 Å². The smallest absolute Gasteiger partial charge is 0.232 e. The van der Waals surface area contributed by atoms with E-state index in [-0.39, 0.29) is 24.9 Å². The Morgan fingerprint density at radius 1 is 1.07 bits per heavy atom. The molecule has 0 heterocycles. The summed E-state index contributed by atoms with van der Waals surface area (Å²) < 4.78 is 26.0. The minimum absolute atomic E-state index is 0.0588. The van der Waals surface area contributed by atoms with Gasteiger partial charge in [-0.25, -0.2) is 8.42 Å². The van der Waals surface area contributed by atoms with Crippen LogP contribution in [0.3, 0.4) is 0 Å². The van der Waals surface area contributed by atoms with Crippen LogP contribution >= 0.6 is 0 Å². The number of carbonyl (C=O) groups is 1. The van der Waals surface area contributed by atoms with Gasteiger partial charge in [0.2, 0.25) is 15.9 Å². The number of nitrogens with zero attached hydrogens (tertiary/aromatic N) is 1. The average molecular weight is 429 g/mol. The van der Waals surface area contributed by atoms with E-state index in [4.69, 9.17) is 0 Å². The van der Waals surface area contributed by atoms with Crippen molar-refractivity contribution in [1.29, 1.82) is 0 Å². The van der Waals surface area contributed by atoms with Crippen LogP contribution in [0.15, 0.2) is 36.4 Å². The molecule has 0 radical (unpaired) electrons. The van der Waals surface area contributed by atoms with Crippen LogP contribution in [0.5, 0.6) is 0 Å². The summed E-state index contributed by atoms with van der Waals surface area (Å²) in [4.78, 5) is 12.4. The van der Waals surface area contributed by atoms with Gasteiger partial charge in [0.05, 0.1) is 18.0 Å². The van der Waals surface area contributed by atoms with Crippen LogP contribution < -0.4 is 9.62 Å². The number of rotatable bonds is 8. The second-order valence-electron chi connectivity index (χ2n) is 8.38. The predicted molar refractivity (Wildman–Crippen MR) is 122 cm³/mol. The van der Waals surface area contributed by atoms with Crippen molar-refractivity contribution in [2.24, 2.45) is 0 Å². The molecule has 1 aliphatic rings. The van der Waals surface area contributed by atoms with Crippen molar-refractivity contribution in [2.75, 3.05) is 17.1 Å². The lowest BCUT2D eigenvalue weighted by molar-refractivity contribution is -0.121. The molecule has 2 aromatic rings. The van der Waals surface area contributed by atoms with Gasteiger partial charge in [0.15, 0.2) is 0 Å². The largest absolute Gasteiger partial charge is 0.350 e. The van der Waals surface area contributed by atoms with Gasteiger partial charge < -0.3 is 5.32 Å². The number of fused-ring (bicyclic) bond motifs is 1. The number of carbonyl (C=O) groups excluding carboxylic acids is 1. The summed E-state index contributed by atoms with van der Waals surface area (Å²) in [5.74, 6) is -0.0588. The number of anilines is 1. The van der Waals surface area contributed by atoms with Crippen LogP contribution in [0.25, 0.3) is 0 Å². The fourth-order valence-electron chi connectivity index (χ4n) is 4.01. The molecule has 3 rings (SSSR count). The van der Waals surface area contributed by atoms with E-state index in [1.165, 1.54) is 28.1 Å². The zero-order valence-corrected chi connectivity index (χ0v) is 19.2. The number of aryl methyl sites for hydroxylation is 4. The highest BCUT2D eigenvalue weighted by molar-refractivity contribution is 7.92. The first kappa shape index (κ1) is 22.3. The molecule has 0 saturated carbocycles. The van der Waals surface area contributed by atoms with Gasteiger partial charge in [0.1, 0.15) is 0 Å². The number of benzene rings is 2. The summed E-state index contributed by atoms with van der Waals surface area (Å²) in [6, 6.07) is 12.0. The first-order valence-corrected chi connectivity index (χ1v) is 12.5. The monoisotopic (exact) mass is 428 g/mol. The third kappa shape index (κ3) is 5.42. The second kappa shape index (κ2) is 9.21. The summed E-state index contributed by atoms with van der Waals surface area (Å²) >= 11 is 0. The highest BCUT2D eigenvalue weighted by atomic mass is 32.2. The maximum Gasteiger partial charge on any atom is 0.232 e. The summed E-state index contributed by atoms with van der Waals surface area (Å²) in [5.41, 5.74) is 6.74. The van der Waals surface area contributed by atoms with Crippen molar-refractivity contribution in [2.45, 2.75) is 58.9 Å². The van der Waals surface area contributed by atoms with E-state index >= 15 is 0 Å². The van der Waals surface area contributed by atoms with Gasteiger partial charge in [0.25, 0.3) is 0 Å². The fraction of sp³-hybridized carbons (Fsp3) is 0.458. The van der Waals surface area contributed by atoms with E-state index in [9.17, 15) is 13.2 Å². The zero-order valence-electron chi connectivity index (χ0n) is 18.4. The molecule has 30 heavy (non-hydrogen) atoms. The Bertz CT molecular complexity index is 1030. The molecule has 2 aromatic carbocycles. The summed E-state index contributed by atoms with van der Waals surface area (Å²) in [5, 5.41) is 3.05. The first-order valence-electron chi connectivity index (χ1n) is 10.6. The lowest BCUT2D eigenvalue weighted by Gasteiger charge is -2.23. The standard InChI is InChI=1S/C24H32N2O3S/c1-17-10-13-23(15-18(17)2)26(30(4,28)29)14-6-9-24(27)25-19(3)21-12-11-20-7-5-8-22(20)16-21/h10-13,15-16,19H,5-9,14H2,1-4H3,(H,25,27). The number of sulfonamides is 1. The molecule has 1 atom stereocenters. The molecule has 6 heteroatoms. The predicted octanol–water partition coefficient (Wildman–Crippen LogP) is 4.22. The van der Waals surface area contributed by atoms with Crippen LogP contribution in [-0.2, 0) is 27.7 Å². The molecule has 1 aliphatic carbocycles. The third-order valence-corrected chi connectivity index (χ3v) is 7.14. The lowest BCUT2D eigenvalue weighted by atomic mass is 10.0. The van der Waals surface area contributed by atoms with Gasteiger partial charge in [0, 0.05) is 13.0 Å². The highest BCUT2D eigenvalue weighted by Gasteiger charge is 2.19. The van der Waals surface area contributed by atoms with Crippen molar-refractivity contribution < 1.29 is 13.2 Å². The Labute approximate surface area is 180 Å². The summed E-state index contributed by atoms with van der Waals surface area (Å²) in [7, 11) is -3.42. The minimum atomic E-state index is -3.42. The molecule has 0 spiro atoms. The van der Waals surface area contributed by atoms with Gasteiger partial charge in [-0.15, -0.1) is 0 Å². The Morgan fingerprint density at radius 2 is 1.80 bits per heavy atom. The van der Waals surface area contributed by atoms with E-state index in [1.54, 1.807) is 0 Å². The molecule has 1 unspecified atom stereocenters. The van der Waals surface area contributed by atoms with Crippen LogP contribution in [-0.4, -0.2) is 27.1 Å². The average Bonchev–Trinajstić information content (AvgIpc) is 3.14. The van der Waals surface area contributed by atoms with Crippen molar-refractivity contribution in [3.8, 4) is 0 Å². The van der Waals surface area contributed by atoms with Gasteiger partial charge in [-0.05, 0) is 86.4 Å². The van der Waals surface area contributed by atoms with E-state index in [2.05, 4.69) is 23.5 Å². The first-order chi connectivity index (χ1) is 14.1. The van der Waals surface area contributed by atoms with Crippen molar-refractivity contribution >= 4 is 21.6 Å². The molecule has 0 bridgehead atoms. The molecule has 162 valence electrons.